The SMILES string of the molecule is CC(CNC(=O)[C@H]1NCCO[C@@H]1C)Oc1ccccc1.Cl. The van der Waals surface area contributed by atoms with E-state index in [0.717, 1.165) is 5.75 Å². The Morgan fingerprint density at radius 1 is 1.48 bits per heavy atom. The highest BCUT2D eigenvalue weighted by Crippen LogP contribution is 2.10. The highest BCUT2D eigenvalue weighted by molar-refractivity contribution is 5.85. The van der Waals surface area contributed by atoms with Gasteiger partial charge in [0.15, 0.2) is 0 Å². The van der Waals surface area contributed by atoms with E-state index in [1.54, 1.807) is 0 Å². The topological polar surface area (TPSA) is 59.6 Å². The van der Waals surface area contributed by atoms with E-state index in [9.17, 15) is 4.79 Å². The van der Waals surface area contributed by atoms with Crippen LogP contribution in [0.25, 0.3) is 0 Å². The van der Waals surface area contributed by atoms with E-state index in [4.69, 9.17) is 9.47 Å². The van der Waals surface area contributed by atoms with Crippen molar-refractivity contribution >= 4 is 18.3 Å². The smallest absolute Gasteiger partial charge is 0.239 e. The number of nitrogens with one attached hydrogen (secondary N) is 2. The van der Waals surface area contributed by atoms with Gasteiger partial charge in [0.05, 0.1) is 19.3 Å². The van der Waals surface area contributed by atoms with Crippen LogP contribution in [0, 0.1) is 0 Å². The maximum atomic E-state index is 12.1. The lowest BCUT2D eigenvalue weighted by Gasteiger charge is -2.29. The van der Waals surface area contributed by atoms with Crippen molar-refractivity contribution < 1.29 is 14.3 Å². The van der Waals surface area contributed by atoms with Gasteiger partial charge in [0.2, 0.25) is 5.91 Å². The van der Waals surface area contributed by atoms with Crippen LogP contribution in [0.2, 0.25) is 0 Å². The minimum absolute atomic E-state index is 0. The Kier molecular flexibility index (Phi) is 7.50. The van der Waals surface area contributed by atoms with E-state index in [-0.39, 0.29) is 36.6 Å². The molecule has 1 aliphatic rings. The molecule has 6 heteroatoms. The van der Waals surface area contributed by atoms with Gasteiger partial charge in [0, 0.05) is 6.54 Å². The van der Waals surface area contributed by atoms with Crippen molar-refractivity contribution in [3.63, 3.8) is 0 Å². The minimum Gasteiger partial charge on any atom is -0.489 e. The summed E-state index contributed by atoms with van der Waals surface area (Å²) in [6, 6.07) is 9.30. The van der Waals surface area contributed by atoms with E-state index < -0.39 is 0 Å². The molecular weight excluding hydrogens is 292 g/mol. The van der Waals surface area contributed by atoms with Gasteiger partial charge in [-0.2, -0.15) is 0 Å². The Hall–Kier alpha value is -1.30. The van der Waals surface area contributed by atoms with Gasteiger partial charge in [-0.15, -0.1) is 12.4 Å². The zero-order valence-electron chi connectivity index (χ0n) is 12.4. The van der Waals surface area contributed by atoms with E-state index in [1.165, 1.54) is 0 Å². The lowest BCUT2D eigenvalue weighted by atomic mass is 10.1. The van der Waals surface area contributed by atoms with Crippen molar-refractivity contribution in [2.45, 2.75) is 32.1 Å². The molecule has 0 saturated carbocycles. The van der Waals surface area contributed by atoms with Crippen LogP contribution in [-0.2, 0) is 9.53 Å². The minimum atomic E-state index is -0.285. The third kappa shape index (κ3) is 5.53. The lowest BCUT2D eigenvalue weighted by molar-refractivity contribution is -0.129. The zero-order chi connectivity index (χ0) is 14.4. The van der Waals surface area contributed by atoms with Crippen LogP contribution in [0.15, 0.2) is 30.3 Å². The van der Waals surface area contributed by atoms with E-state index in [0.29, 0.717) is 19.7 Å². The number of para-hydroxylation sites is 1. The van der Waals surface area contributed by atoms with Crippen molar-refractivity contribution in [1.82, 2.24) is 10.6 Å². The van der Waals surface area contributed by atoms with Gasteiger partial charge >= 0.3 is 0 Å². The van der Waals surface area contributed by atoms with E-state index in [2.05, 4.69) is 10.6 Å². The molecule has 3 atom stereocenters. The first-order valence-corrected chi connectivity index (χ1v) is 7.01. The highest BCUT2D eigenvalue weighted by Gasteiger charge is 2.28. The molecule has 0 aromatic heterocycles. The maximum Gasteiger partial charge on any atom is 0.239 e. The average molecular weight is 315 g/mol. The number of hydrogen-bond donors (Lipinski definition) is 2. The Balaban J connectivity index is 0.00000220. The third-order valence-corrected chi connectivity index (χ3v) is 3.24. The zero-order valence-corrected chi connectivity index (χ0v) is 13.2. The molecule has 1 aliphatic heterocycles. The van der Waals surface area contributed by atoms with Gasteiger partial charge < -0.3 is 20.1 Å². The Labute approximate surface area is 131 Å². The molecule has 2 rings (SSSR count). The summed E-state index contributed by atoms with van der Waals surface area (Å²) in [4.78, 5) is 12.1. The molecule has 0 spiro atoms. The fourth-order valence-electron chi connectivity index (χ4n) is 2.15. The van der Waals surface area contributed by atoms with Gasteiger partial charge in [0.1, 0.15) is 17.9 Å². The first-order valence-electron chi connectivity index (χ1n) is 7.01. The van der Waals surface area contributed by atoms with Crippen LogP contribution < -0.4 is 15.4 Å². The molecule has 118 valence electrons. The van der Waals surface area contributed by atoms with Crippen molar-refractivity contribution in [3.8, 4) is 5.75 Å². The molecule has 5 nitrogen and oxygen atoms in total. The first-order chi connectivity index (χ1) is 9.66. The highest BCUT2D eigenvalue weighted by atomic mass is 35.5. The van der Waals surface area contributed by atoms with Crippen molar-refractivity contribution in [2.75, 3.05) is 19.7 Å². The van der Waals surface area contributed by atoms with Crippen molar-refractivity contribution in [3.05, 3.63) is 30.3 Å². The molecule has 2 N–H and O–H groups in total. The second kappa shape index (κ2) is 8.87. The van der Waals surface area contributed by atoms with Crippen molar-refractivity contribution in [2.24, 2.45) is 0 Å². The number of amides is 1. The Bertz CT molecular complexity index is 430. The van der Waals surface area contributed by atoms with Crippen LogP contribution in [-0.4, -0.2) is 43.9 Å². The standard InChI is InChI=1S/C15H22N2O3.ClH/c1-11(20-13-6-4-3-5-7-13)10-17-15(18)14-12(2)19-9-8-16-14;/h3-7,11-12,14,16H,8-10H2,1-2H3,(H,17,18);1H/t11?,12-,14+;/m1./s1. The van der Waals surface area contributed by atoms with E-state index >= 15 is 0 Å². The summed E-state index contributed by atoms with van der Waals surface area (Å²) in [5.41, 5.74) is 0. The summed E-state index contributed by atoms with van der Waals surface area (Å²) in [6.45, 7) is 5.66. The normalized spacial score (nSPS) is 22.8. The monoisotopic (exact) mass is 314 g/mol. The molecule has 0 bridgehead atoms. The first kappa shape index (κ1) is 17.8. The maximum absolute atomic E-state index is 12.1. The molecule has 1 aromatic carbocycles. The number of halogens is 1. The number of hydrogen-bond acceptors (Lipinski definition) is 4. The van der Waals surface area contributed by atoms with Gasteiger partial charge in [0.25, 0.3) is 0 Å². The van der Waals surface area contributed by atoms with Crippen LogP contribution in [0.4, 0.5) is 0 Å². The molecule has 1 fully saturated rings. The summed E-state index contributed by atoms with van der Waals surface area (Å²) in [6.07, 6.45) is -0.185. The van der Waals surface area contributed by atoms with Crippen molar-refractivity contribution in [1.29, 1.82) is 0 Å². The van der Waals surface area contributed by atoms with Crippen LogP contribution in [0.1, 0.15) is 13.8 Å². The Morgan fingerprint density at radius 2 is 2.19 bits per heavy atom. The van der Waals surface area contributed by atoms with Crippen LogP contribution in [0.5, 0.6) is 5.75 Å². The lowest BCUT2D eigenvalue weighted by Crippen LogP contribution is -2.56. The number of carbonyl (C=O) groups excluding carboxylic acids is 1. The fraction of sp³-hybridized carbons (Fsp3) is 0.533. The molecule has 1 unspecified atom stereocenters. The molecule has 0 radical (unpaired) electrons. The summed E-state index contributed by atoms with van der Waals surface area (Å²) < 4.78 is 11.2. The predicted octanol–water partition coefficient (Wildman–Crippen LogP) is 1.37. The summed E-state index contributed by atoms with van der Waals surface area (Å²) >= 11 is 0. The number of ether oxygens (including phenoxy) is 2. The fourth-order valence-corrected chi connectivity index (χ4v) is 2.15. The second-order valence-electron chi connectivity index (χ2n) is 4.99. The third-order valence-electron chi connectivity index (χ3n) is 3.24. The quantitative estimate of drug-likeness (QED) is 0.862. The molecule has 1 amide bonds. The van der Waals surface area contributed by atoms with Gasteiger partial charge in [-0.25, -0.2) is 0 Å². The van der Waals surface area contributed by atoms with Crippen LogP contribution >= 0.6 is 12.4 Å². The predicted molar refractivity (Wildman–Crippen MR) is 84.0 cm³/mol. The van der Waals surface area contributed by atoms with E-state index in [1.807, 2.05) is 44.2 Å². The van der Waals surface area contributed by atoms with Crippen LogP contribution in [0.3, 0.4) is 0 Å². The molecule has 1 saturated heterocycles. The average Bonchev–Trinajstić information content (AvgIpc) is 2.46. The number of rotatable bonds is 5. The number of morpholine rings is 1. The van der Waals surface area contributed by atoms with Gasteiger partial charge in [-0.1, -0.05) is 18.2 Å². The Morgan fingerprint density at radius 3 is 2.86 bits per heavy atom. The molecule has 0 aliphatic carbocycles. The summed E-state index contributed by atoms with van der Waals surface area (Å²) in [5, 5.41) is 6.06. The molecular formula is C15H23ClN2O3. The summed E-state index contributed by atoms with van der Waals surface area (Å²) in [5.74, 6) is 0.766. The largest absolute Gasteiger partial charge is 0.489 e. The number of benzene rings is 1. The molecule has 1 heterocycles. The summed E-state index contributed by atoms with van der Waals surface area (Å²) in [7, 11) is 0. The second-order valence-corrected chi connectivity index (χ2v) is 4.99. The number of carbonyl (C=O) groups is 1. The molecule has 21 heavy (non-hydrogen) atoms. The van der Waals surface area contributed by atoms with Gasteiger partial charge in [-0.05, 0) is 26.0 Å². The van der Waals surface area contributed by atoms with Gasteiger partial charge in [-0.3, -0.25) is 4.79 Å². The molecule has 1 aromatic rings.